The zero-order chi connectivity index (χ0) is 32.2. The van der Waals surface area contributed by atoms with E-state index in [0.29, 0.717) is 11.1 Å². The Morgan fingerprint density at radius 2 is 0.978 bits per heavy atom. The lowest BCUT2D eigenvalue weighted by atomic mass is 9.76. The summed E-state index contributed by atoms with van der Waals surface area (Å²) in [5, 5.41) is 101. The number of aliphatic hydroxyl groups is 10. The Balaban J connectivity index is 1.33. The van der Waals surface area contributed by atoms with E-state index in [-0.39, 0.29) is 12.8 Å². The third-order valence-corrected chi connectivity index (χ3v) is 9.42. The van der Waals surface area contributed by atoms with E-state index in [2.05, 4.69) is 23.7 Å². The van der Waals surface area contributed by atoms with Gasteiger partial charge in [0.25, 0.3) is 0 Å². The minimum absolute atomic E-state index is 0.224. The van der Waals surface area contributed by atoms with E-state index in [4.69, 9.17) is 9.47 Å². The first kappa shape index (κ1) is 32.0. The van der Waals surface area contributed by atoms with Crippen LogP contribution < -0.4 is 0 Å². The van der Waals surface area contributed by atoms with Crippen molar-refractivity contribution in [2.75, 3.05) is 13.2 Å². The first-order chi connectivity index (χ1) is 21.5. The summed E-state index contributed by atoms with van der Waals surface area (Å²) in [5.41, 5.74) is 3.69. The van der Waals surface area contributed by atoms with Crippen LogP contribution in [0.2, 0.25) is 0 Å². The van der Waals surface area contributed by atoms with Crippen LogP contribution in [0.3, 0.4) is 0 Å². The van der Waals surface area contributed by atoms with Gasteiger partial charge in [0, 0.05) is 16.5 Å². The van der Waals surface area contributed by atoms with Gasteiger partial charge in [-0.3, -0.25) is 0 Å². The second-order valence-corrected chi connectivity index (χ2v) is 12.2. The van der Waals surface area contributed by atoms with Crippen molar-refractivity contribution in [1.82, 2.24) is 0 Å². The van der Waals surface area contributed by atoms with Crippen LogP contribution in [0.25, 0.3) is 11.1 Å². The van der Waals surface area contributed by atoms with Crippen molar-refractivity contribution in [3.8, 4) is 34.8 Å². The maximum Gasteiger partial charge on any atom is 0.147 e. The molecule has 6 rings (SSSR count). The molecule has 0 radical (unpaired) electrons. The molecule has 1 unspecified atom stereocenters. The van der Waals surface area contributed by atoms with E-state index in [1.807, 2.05) is 24.3 Å². The number of ether oxygens (including phenoxy) is 2. The quantitative estimate of drug-likeness (QED) is 0.150. The average molecular weight is 625 g/mol. The molecular weight excluding hydrogens is 588 g/mol. The number of hydrogen-bond donors (Lipinski definition) is 10. The molecule has 12 heteroatoms. The van der Waals surface area contributed by atoms with Gasteiger partial charge in [-0.05, 0) is 59.4 Å². The summed E-state index contributed by atoms with van der Waals surface area (Å²) in [6.07, 6.45) is -15.1. The normalized spacial score (nSPS) is 38.1. The topological polar surface area (TPSA) is 221 Å². The van der Waals surface area contributed by atoms with Gasteiger partial charge in [-0.25, -0.2) is 0 Å². The molecule has 1 saturated carbocycles. The third-order valence-electron chi connectivity index (χ3n) is 9.42. The summed E-state index contributed by atoms with van der Waals surface area (Å²) in [5.74, 6) is 11.5. The molecule has 2 aromatic carbocycles. The van der Waals surface area contributed by atoms with E-state index in [0.717, 1.165) is 22.3 Å². The van der Waals surface area contributed by atoms with E-state index in [9.17, 15) is 51.1 Å². The van der Waals surface area contributed by atoms with Gasteiger partial charge in [-0.15, -0.1) is 0 Å². The van der Waals surface area contributed by atoms with Crippen molar-refractivity contribution in [2.24, 2.45) is 0 Å². The van der Waals surface area contributed by atoms with Gasteiger partial charge >= 0.3 is 0 Å². The molecule has 12 nitrogen and oxygen atoms in total. The number of fused-ring (bicyclic) bond motifs is 5. The van der Waals surface area contributed by atoms with Crippen LogP contribution >= 0.6 is 0 Å². The zero-order valence-electron chi connectivity index (χ0n) is 24.0. The van der Waals surface area contributed by atoms with Crippen molar-refractivity contribution < 1.29 is 60.5 Å². The molecule has 45 heavy (non-hydrogen) atoms. The Hall–Kier alpha value is -2.92. The number of hydrogen-bond acceptors (Lipinski definition) is 12. The highest BCUT2D eigenvalue weighted by Crippen LogP contribution is 2.57. The smallest absolute Gasteiger partial charge is 0.147 e. The highest BCUT2D eigenvalue weighted by molar-refractivity contribution is 5.83. The highest BCUT2D eigenvalue weighted by Gasteiger charge is 2.52. The second kappa shape index (κ2) is 12.4. The van der Waals surface area contributed by atoms with Gasteiger partial charge < -0.3 is 60.5 Å². The Morgan fingerprint density at radius 3 is 1.36 bits per heavy atom. The van der Waals surface area contributed by atoms with Gasteiger partial charge in [0.05, 0.1) is 25.4 Å². The monoisotopic (exact) mass is 624 g/mol. The Kier molecular flexibility index (Phi) is 8.80. The van der Waals surface area contributed by atoms with Crippen molar-refractivity contribution >= 4 is 0 Å². The minimum atomic E-state index is -1.55. The van der Waals surface area contributed by atoms with Crippen LogP contribution in [0, 0.1) is 23.7 Å². The summed E-state index contributed by atoms with van der Waals surface area (Å²) in [4.78, 5) is 0. The lowest BCUT2D eigenvalue weighted by molar-refractivity contribution is -0.214. The van der Waals surface area contributed by atoms with Gasteiger partial charge in [0.2, 0.25) is 0 Å². The summed E-state index contributed by atoms with van der Waals surface area (Å²) in [6.45, 7) is -1.13. The molecule has 10 N–H and O–H groups in total. The van der Waals surface area contributed by atoms with Crippen LogP contribution in [-0.2, 0) is 14.9 Å². The fourth-order valence-corrected chi connectivity index (χ4v) is 6.91. The SMILES string of the molecule is OC[C@H]1O[C@H](C#Cc2ccc3c(c2)C2(C[C@@H](O)[C@@H](O)C2)c2cc(C#C[C@H]4O[C@H](CO)[C@@H](O)[C@H](O)[C@@H]4O)ccc2-3)[C@H](O)[C@@H](O)[C@@H]1O. The molecule has 0 aromatic heterocycles. The molecule has 240 valence electrons. The Morgan fingerprint density at radius 1 is 0.578 bits per heavy atom. The molecule has 4 aliphatic rings. The lowest BCUT2D eigenvalue weighted by Crippen LogP contribution is -2.58. The fraction of sp³-hybridized carbons (Fsp3) is 0.515. The van der Waals surface area contributed by atoms with Crippen LogP contribution in [0.5, 0.6) is 0 Å². The van der Waals surface area contributed by atoms with E-state index < -0.39 is 91.9 Å². The predicted molar refractivity (Wildman–Crippen MR) is 155 cm³/mol. The van der Waals surface area contributed by atoms with Gasteiger partial charge in [0.1, 0.15) is 61.0 Å². The molecule has 2 saturated heterocycles. The van der Waals surface area contributed by atoms with Crippen molar-refractivity contribution in [2.45, 2.75) is 91.5 Å². The predicted octanol–water partition coefficient (Wildman–Crippen LogP) is -3.14. The Labute approximate surface area is 258 Å². The molecule has 13 atom stereocenters. The van der Waals surface area contributed by atoms with Gasteiger partial charge in [-0.1, -0.05) is 35.8 Å². The number of aliphatic hydroxyl groups excluding tert-OH is 10. The van der Waals surface area contributed by atoms with Gasteiger partial charge in [-0.2, -0.15) is 0 Å². The fourth-order valence-electron chi connectivity index (χ4n) is 6.91. The van der Waals surface area contributed by atoms with Crippen LogP contribution in [-0.4, -0.2) is 138 Å². The highest BCUT2D eigenvalue weighted by atomic mass is 16.5. The molecule has 0 amide bonds. The maximum absolute atomic E-state index is 10.7. The molecule has 0 bridgehead atoms. The molecule has 1 spiro atoms. The minimum Gasteiger partial charge on any atom is -0.394 e. The molecule has 2 aliphatic carbocycles. The summed E-state index contributed by atoms with van der Waals surface area (Å²) in [7, 11) is 0. The van der Waals surface area contributed by atoms with Crippen molar-refractivity contribution in [1.29, 1.82) is 0 Å². The standard InChI is InChI=1S/C33H36O12/c34-13-25-29(40)31(42)27(38)23(44-25)7-3-15-1-5-17-18-6-2-16(4-8-24-28(39)32(43)30(41)26(14-35)45-24)10-20(18)33(19(17)9-15)11-21(36)22(37)12-33/h1-2,5-6,9-10,21-32,34-43H,11-14H2/t21-,22+,23-,24-,25-,26-,27-,28+,29-,30-,31-,32-,33?/m1/s1. The molecule has 2 aliphatic heterocycles. The summed E-state index contributed by atoms with van der Waals surface area (Å²) in [6, 6.07) is 11.0. The van der Waals surface area contributed by atoms with Crippen LogP contribution in [0.15, 0.2) is 36.4 Å². The molecule has 2 aromatic rings. The van der Waals surface area contributed by atoms with E-state index in [1.54, 1.807) is 12.1 Å². The van der Waals surface area contributed by atoms with Crippen molar-refractivity contribution in [3.63, 3.8) is 0 Å². The third kappa shape index (κ3) is 5.47. The largest absolute Gasteiger partial charge is 0.394 e. The van der Waals surface area contributed by atoms with Crippen molar-refractivity contribution in [3.05, 3.63) is 58.7 Å². The molecule has 3 fully saturated rings. The number of rotatable bonds is 2. The van der Waals surface area contributed by atoms with Crippen LogP contribution in [0.4, 0.5) is 0 Å². The maximum atomic E-state index is 10.7. The Bertz CT molecular complexity index is 1430. The summed E-state index contributed by atoms with van der Waals surface area (Å²) < 4.78 is 11.0. The molecular formula is C33H36O12. The average Bonchev–Trinajstić information content (AvgIpc) is 3.49. The zero-order valence-corrected chi connectivity index (χ0v) is 24.0. The number of benzene rings is 2. The molecule has 2 heterocycles. The first-order valence-electron chi connectivity index (χ1n) is 14.8. The van der Waals surface area contributed by atoms with E-state index >= 15 is 0 Å². The van der Waals surface area contributed by atoms with Crippen LogP contribution in [0.1, 0.15) is 35.1 Å². The summed E-state index contributed by atoms with van der Waals surface area (Å²) >= 11 is 0. The second-order valence-electron chi connectivity index (χ2n) is 12.2. The lowest BCUT2D eigenvalue weighted by Gasteiger charge is -2.37. The van der Waals surface area contributed by atoms with E-state index in [1.165, 1.54) is 0 Å². The van der Waals surface area contributed by atoms with Gasteiger partial charge in [0.15, 0.2) is 0 Å². The first-order valence-corrected chi connectivity index (χ1v) is 14.8.